The van der Waals surface area contributed by atoms with Gasteiger partial charge in [-0.15, -0.1) is 0 Å². The molecule has 92 valence electrons. The van der Waals surface area contributed by atoms with Crippen LogP contribution in [0.25, 0.3) is 0 Å². The van der Waals surface area contributed by atoms with E-state index in [0.717, 1.165) is 37.9 Å². The van der Waals surface area contributed by atoms with Crippen LogP contribution in [0.1, 0.15) is 31.9 Å². The zero-order valence-corrected chi connectivity index (χ0v) is 10.7. The molecule has 2 heterocycles. The van der Waals surface area contributed by atoms with Crippen LogP contribution in [0.5, 0.6) is 0 Å². The first-order valence-corrected chi connectivity index (χ1v) is 6.28. The van der Waals surface area contributed by atoms with E-state index in [9.17, 15) is 4.79 Å². The quantitative estimate of drug-likeness (QED) is 0.775. The lowest BCUT2D eigenvalue weighted by atomic mass is 10.1. The van der Waals surface area contributed by atoms with Crippen LogP contribution in [0.15, 0.2) is 12.4 Å². The van der Waals surface area contributed by atoms with E-state index in [0.29, 0.717) is 11.2 Å². The molecule has 1 aromatic rings. The summed E-state index contributed by atoms with van der Waals surface area (Å²) in [5.74, 6) is 0.174. The number of halogens is 1. The molecular formula is C12H16ClN3O. The van der Waals surface area contributed by atoms with E-state index in [1.807, 2.05) is 4.90 Å². The summed E-state index contributed by atoms with van der Waals surface area (Å²) in [5, 5.41) is 0.477. The van der Waals surface area contributed by atoms with Crippen molar-refractivity contribution in [3.8, 4) is 0 Å². The van der Waals surface area contributed by atoms with E-state index >= 15 is 0 Å². The molecule has 0 aliphatic carbocycles. The molecule has 1 aromatic heterocycles. The molecule has 1 fully saturated rings. The highest BCUT2D eigenvalue weighted by Gasteiger charge is 2.25. The van der Waals surface area contributed by atoms with Gasteiger partial charge in [-0.1, -0.05) is 11.6 Å². The van der Waals surface area contributed by atoms with Gasteiger partial charge in [0, 0.05) is 25.2 Å². The highest BCUT2D eigenvalue weighted by atomic mass is 35.5. The Bertz CT molecular complexity index is 410. The van der Waals surface area contributed by atoms with E-state index < -0.39 is 0 Å². The van der Waals surface area contributed by atoms with E-state index in [-0.39, 0.29) is 5.91 Å². The van der Waals surface area contributed by atoms with Crippen molar-refractivity contribution >= 4 is 17.5 Å². The molecule has 0 saturated carbocycles. The van der Waals surface area contributed by atoms with E-state index in [4.69, 9.17) is 11.6 Å². The molecule has 1 amide bonds. The van der Waals surface area contributed by atoms with Gasteiger partial charge in [-0.05, 0) is 31.7 Å². The average Bonchev–Trinajstić information content (AvgIpc) is 2.74. The molecule has 0 unspecified atom stereocenters. The lowest BCUT2D eigenvalue weighted by Gasteiger charge is -2.22. The number of carbonyl (C=O) groups excluding carboxylic acids is 1. The van der Waals surface area contributed by atoms with Gasteiger partial charge in [0.15, 0.2) is 0 Å². The largest absolute Gasteiger partial charge is 0.340 e. The number of amides is 1. The molecule has 5 heteroatoms. The van der Waals surface area contributed by atoms with Gasteiger partial charge in [-0.3, -0.25) is 4.79 Å². The summed E-state index contributed by atoms with van der Waals surface area (Å²) in [5.41, 5.74) is 0.945. The first-order valence-electron chi connectivity index (χ1n) is 5.90. The fraction of sp³-hybridized carbons (Fsp3) is 0.583. The van der Waals surface area contributed by atoms with Gasteiger partial charge in [0.1, 0.15) is 11.5 Å². The molecule has 0 N–H and O–H groups in total. The van der Waals surface area contributed by atoms with Crippen molar-refractivity contribution in [3.63, 3.8) is 0 Å². The summed E-state index contributed by atoms with van der Waals surface area (Å²) < 4.78 is 0. The topological polar surface area (TPSA) is 46.1 Å². The fourth-order valence-corrected chi connectivity index (χ4v) is 2.54. The van der Waals surface area contributed by atoms with Crippen molar-refractivity contribution in [1.82, 2.24) is 14.9 Å². The summed E-state index contributed by atoms with van der Waals surface area (Å²) in [6, 6.07) is 2.15. The molecule has 0 bridgehead atoms. The van der Waals surface area contributed by atoms with Crippen LogP contribution in [0.2, 0.25) is 5.15 Å². The van der Waals surface area contributed by atoms with Gasteiger partial charge in [0.2, 0.25) is 5.91 Å². The number of aryl methyl sites for hydroxylation is 1. The predicted octanol–water partition coefficient (Wildman–Crippen LogP) is 2.07. The number of hydrogen-bond donors (Lipinski definition) is 0. The first kappa shape index (κ1) is 12.3. The van der Waals surface area contributed by atoms with Crippen molar-refractivity contribution in [1.29, 1.82) is 0 Å². The van der Waals surface area contributed by atoms with Crippen LogP contribution >= 0.6 is 11.6 Å². The van der Waals surface area contributed by atoms with E-state index in [2.05, 4.69) is 9.97 Å². The summed E-state index contributed by atoms with van der Waals surface area (Å²) in [7, 11) is 0. The fourth-order valence-electron chi connectivity index (χ4n) is 2.37. The molecule has 0 aromatic carbocycles. The highest BCUT2D eigenvalue weighted by Crippen LogP contribution is 2.21. The standard InChI is InChI=1S/C12H16ClN3O/c1-9(17)16-6-2-3-11(16)5-4-10-7-12(13)15-8-14-10/h7-8,11H,2-6H2,1H3/t11-/m1/s1. The molecule has 0 spiro atoms. The zero-order chi connectivity index (χ0) is 12.3. The van der Waals surface area contributed by atoms with Crippen molar-refractivity contribution < 1.29 is 4.79 Å². The van der Waals surface area contributed by atoms with Gasteiger partial charge in [-0.25, -0.2) is 9.97 Å². The maximum atomic E-state index is 11.4. The Kier molecular flexibility index (Phi) is 3.94. The Labute approximate surface area is 106 Å². The molecule has 1 atom stereocenters. The Morgan fingerprint density at radius 3 is 3.12 bits per heavy atom. The average molecular weight is 254 g/mol. The van der Waals surface area contributed by atoms with Gasteiger partial charge in [0.05, 0.1) is 0 Å². The summed E-state index contributed by atoms with van der Waals surface area (Å²) in [6.45, 7) is 2.53. The van der Waals surface area contributed by atoms with Crippen LogP contribution in [0.4, 0.5) is 0 Å². The lowest BCUT2D eigenvalue weighted by molar-refractivity contribution is -0.129. The van der Waals surface area contributed by atoms with Crippen molar-refractivity contribution in [2.24, 2.45) is 0 Å². The normalized spacial score (nSPS) is 19.6. The summed E-state index contributed by atoms with van der Waals surface area (Å²) >= 11 is 5.80. The molecule has 1 aliphatic heterocycles. The highest BCUT2D eigenvalue weighted by molar-refractivity contribution is 6.29. The third-order valence-corrected chi connectivity index (χ3v) is 3.41. The van der Waals surface area contributed by atoms with Gasteiger partial charge in [-0.2, -0.15) is 0 Å². The number of likely N-dealkylation sites (tertiary alicyclic amines) is 1. The minimum absolute atomic E-state index is 0.174. The Hall–Kier alpha value is -1.16. The second-order valence-corrected chi connectivity index (χ2v) is 4.77. The first-order chi connectivity index (χ1) is 8.16. The Morgan fingerprint density at radius 1 is 1.59 bits per heavy atom. The Morgan fingerprint density at radius 2 is 2.41 bits per heavy atom. The molecule has 4 nitrogen and oxygen atoms in total. The lowest BCUT2D eigenvalue weighted by Crippen LogP contribution is -2.33. The van der Waals surface area contributed by atoms with Crippen LogP contribution in [0, 0.1) is 0 Å². The van der Waals surface area contributed by atoms with Crippen molar-refractivity contribution in [3.05, 3.63) is 23.2 Å². The third-order valence-electron chi connectivity index (χ3n) is 3.21. The number of aromatic nitrogens is 2. The number of hydrogen-bond acceptors (Lipinski definition) is 3. The number of nitrogens with zero attached hydrogens (tertiary/aromatic N) is 3. The SMILES string of the molecule is CC(=O)N1CCC[C@@H]1CCc1cc(Cl)ncn1. The van der Waals surface area contributed by atoms with Crippen LogP contribution < -0.4 is 0 Å². The minimum Gasteiger partial charge on any atom is -0.340 e. The maximum absolute atomic E-state index is 11.4. The van der Waals surface area contributed by atoms with Crippen molar-refractivity contribution in [2.45, 2.75) is 38.6 Å². The second-order valence-electron chi connectivity index (χ2n) is 4.38. The monoisotopic (exact) mass is 253 g/mol. The second kappa shape index (κ2) is 5.45. The smallest absolute Gasteiger partial charge is 0.219 e. The van der Waals surface area contributed by atoms with Crippen LogP contribution in [0.3, 0.4) is 0 Å². The summed E-state index contributed by atoms with van der Waals surface area (Å²) in [4.78, 5) is 21.4. The number of carbonyl (C=O) groups is 1. The minimum atomic E-state index is 0.174. The maximum Gasteiger partial charge on any atom is 0.219 e. The van der Waals surface area contributed by atoms with E-state index in [1.165, 1.54) is 6.33 Å². The predicted molar refractivity (Wildman–Crippen MR) is 65.8 cm³/mol. The molecule has 0 radical (unpaired) electrons. The molecule has 2 rings (SSSR count). The van der Waals surface area contributed by atoms with E-state index in [1.54, 1.807) is 13.0 Å². The number of rotatable bonds is 3. The van der Waals surface area contributed by atoms with Crippen LogP contribution in [-0.4, -0.2) is 33.4 Å². The Balaban J connectivity index is 1.91. The van der Waals surface area contributed by atoms with Crippen molar-refractivity contribution in [2.75, 3.05) is 6.54 Å². The molecule has 17 heavy (non-hydrogen) atoms. The van der Waals surface area contributed by atoms with Gasteiger partial charge >= 0.3 is 0 Å². The summed E-state index contributed by atoms with van der Waals surface area (Å²) in [6.07, 6.45) is 5.48. The van der Waals surface area contributed by atoms with Gasteiger partial charge < -0.3 is 4.90 Å². The third kappa shape index (κ3) is 3.16. The zero-order valence-electron chi connectivity index (χ0n) is 9.90. The molecule has 1 aliphatic rings. The van der Waals surface area contributed by atoms with Crippen LogP contribution in [-0.2, 0) is 11.2 Å². The molecular weight excluding hydrogens is 238 g/mol. The molecule has 1 saturated heterocycles. The van der Waals surface area contributed by atoms with Gasteiger partial charge in [0.25, 0.3) is 0 Å².